The van der Waals surface area contributed by atoms with Crippen LogP contribution in [-0.4, -0.2) is 36.5 Å². The molecule has 0 aliphatic carbocycles. The van der Waals surface area contributed by atoms with Crippen LogP contribution in [0.4, 0.5) is 11.6 Å². The van der Waals surface area contributed by atoms with E-state index in [0.717, 1.165) is 38.2 Å². The van der Waals surface area contributed by atoms with Gasteiger partial charge in [0.05, 0.1) is 0 Å². The highest BCUT2D eigenvalue weighted by atomic mass is 32.2. The first kappa shape index (κ1) is 15.0. The van der Waals surface area contributed by atoms with E-state index in [0.29, 0.717) is 11.0 Å². The van der Waals surface area contributed by atoms with Gasteiger partial charge in [0.1, 0.15) is 11.6 Å². The number of hydrogen-bond acceptors (Lipinski definition) is 7. The molecular weight excluding hydrogens is 250 g/mol. The van der Waals surface area contributed by atoms with Crippen molar-refractivity contribution in [1.29, 1.82) is 0 Å². The summed E-state index contributed by atoms with van der Waals surface area (Å²) in [5, 5.41) is 3.97. The highest BCUT2D eigenvalue weighted by Gasteiger charge is 2.02. The lowest BCUT2D eigenvalue weighted by Crippen LogP contribution is -2.11. The van der Waals surface area contributed by atoms with Crippen LogP contribution in [0.25, 0.3) is 0 Å². The Hall–Kier alpha value is -1.05. The van der Waals surface area contributed by atoms with Gasteiger partial charge in [0.25, 0.3) is 0 Å². The van der Waals surface area contributed by atoms with Crippen LogP contribution < -0.4 is 16.6 Å². The molecule has 6 nitrogen and oxygen atoms in total. The highest BCUT2D eigenvalue weighted by molar-refractivity contribution is 7.98. The Kier molecular flexibility index (Phi) is 7.47. The lowest BCUT2D eigenvalue weighted by molar-refractivity contribution is 0.192. The van der Waals surface area contributed by atoms with E-state index in [1.165, 1.54) is 11.8 Å². The van der Waals surface area contributed by atoms with E-state index in [4.69, 9.17) is 10.6 Å². The van der Waals surface area contributed by atoms with E-state index in [1.54, 1.807) is 13.2 Å². The number of aromatic nitrogens is 2. The van der Waals surface area contributed by atoms with Gasteiger partial charge in [0.2, 0.25) is 0 Å². The topological polar surface area (TPSA) is 85.1 Å². The van der Waals surface area contributed by atoms with E-state index in [2.05, 4.69) is 20.7 Å². The van der Waals surface area contributed by atoms with Crippen molar-refractivity contribution in [3.63, 3.8) is 0 Å². The largest absolute Gasteiger partial charge is 0.385 e. The molecule has 7 heteroatoms. The summed E-state index contributed by atoms with van der Waals surface area (Å²) in [5.41, 5.74) is 2.54. The average molecular weight is 271 g/mol. The van der Waals surface area contributed by atoms with Crippen LogP contribution in [0.15, 0.2) is 11.2 Å². The number of thioether (sulfide) groups is 1. The summed E-state index contributed by atoms with van der Waals surface area (Å²) in [6, 6.07) is 1.80. The van der Waals surface area contributed by atoms with E-state index in [-0.39, 0.29) is 0 Å². The SMILES string of the molecule is COCCCCCNc1cc(NN)nc(SC)n1. The Bertz CT molecular complexity index is 328. The molecule has 0 saturated carbocycles. The molecular formula is C11H21N5OS. The normalized spacial score (nSPS) is 10.4. The fourth-order valence-electron chi connectivity index (χ4n) is 1.45. The molecule has 4 N–H and O–H groups in total. The molecule has 1 rings (SSSR count). The summed E-state index contributed by atoms with van der Waals surface area (Å²) in [5.74, 6) is 6.78. The number of methoxy groups -OCH3 is 1. The third kappa shape index (κ3) is 5.52. The van der Waals surface area contributed by atoms with Crippen LogP contribution in [0.2, 0.25) is 0 Å². The van der Waals surface area contributed by atoms with E-state index in [9.17, 15) is 0 Å². The summed E-state index contributed by atoms with van der Waals surface area (Å²) in [6.07, 6.45) is 5.26. The summed E-state index contributed by atoms with van der Waals surface area (Å²) in [4.78, 5) is 8.55. The van der Waals surface area contributed by atoms with Crippen molar-refractivity contribution >= 4 is 23.4 Å². The second-order valence-electron chi connectivity index (χ2n) is 3.75. The minimum atomic E-state index is 0.622. The number of hydrogen-bond donors (Lipinski definition) is 3. The third-order valence-corrected chi connectivity index (χ3v) is 2.92. The maximum Gasteiger partial charge on any atom is 0.191 e. The van der Waals surface area contributed by atoms with Crippen LogP contribution in [0.1, 0.15) is 19.3 Å². The van der Waals surface area contributed by atoms with Gasteiger partial charge in [0, 0.05) is 26.3 Å². The number of rotatable bonds is 9. The summed E-state index contributed by atoms with van der Waals surface area (Å²) in [7, 11) is 1.73. The molecule has 0 radical (unpaired) electrons. The van der Waals surface area contributed by atoms with Gasteiger partial charge >= 0.3 is 0 Å². The molecule has 0 aliphatic heterocycles. The Morgan fingerprint density at radius 2 is 2.06 bits per heavy atom. The summed E-state index contributed by atoms with van der Waals surface area (Å²) in [6.45, 7) is 1.71. The van der Waals surface area contributed by atoms with Crippen LogP contribution in [-0.2, 0) is 4.74 Å². The number of nitrogens with one attached hydrogen (secondary N) is 2. The molecule has 0 atom stereocenters. The average Bonchev–Trinajstić information content (AvgIpc) is 2.42. The number of nitrogen functional groups attached to an aromatic ring is 1. The van der Waals surface area contributed by atoms with E-state index in [1.807, 2.05) is 6.26 Å². The zero-order valence-electron chi connectivity index (χ0n) is 10.9. The Balaban J connectivity index is 2.36. The van der Waals surface area contributed by atoms with Crippen LogP contribution in [0.5, 0.6) is 0 Å². The molecule has 102 valence electrons. The molecule has 0 bridgehead atoms. The quantitative estimate of drug-likeness (QED) is 0.207. The van der Waals surface area contributed by atoms with Gasteiger partial charge in [-0.3, -0.25) is 0 Å². The molecule has 18 heavy (non-hydrogen) atoms. The lowest BCUT2D eigenvalue weighted by atomic mass is 10.2. The maximum atomic E-state index is 5.36. The molecule has 0 aromatic carbocycles. The van der Waals surface area contributed by atoms with Crippen molar-refractivity contribution in [2.24, 2.45) is 5.84 Å². The molecule has 1 aromatic rings. The molecule has 1 aromatic heterocycles. The lowest BCUT2D eigenvalue weighted by Gasteiger charge is -2.08. The molecule has 0 aliphatic rings. The first-order valence-corrected chi connectivity index (χ1v) is 7.15. The summed E-state index contributed by atoms with van der Waals surface area (Å²) < 4.78 is 5.00. The molecule has 0 unspecified atom stereocenters. The predicted octanol–water partition coefficient (Wildman–Crippen LogP) is 1.71. The van der Waals surface area contributed by atoms with Gasteiger partial charge in [0.15, 0.2) is 5.16 Å². The first-order valence-electron chi connectivity index (χ1n) is 5.92. The highest BCUT2D eigenvalue weighted by Crippen LogP contribution is 2.16. The minimum absolute atomic E-state index is 0.622. The number of ether oxygens (including phenoxy) is 1. The number of anilines is 2. The van der Waals surface area contributed by atoms with Crippen molar-refractivity contribution in [2.45, 2.75) is 24.4 Å². The Morgan fingerprint density at radius 3 is 2.72 bits per heavy atom. The van der Waals surface area contributed by atoms with Crippen LogP contribution in [0, 0.1) is 0 Å². The van der Waals surface area contributed by atoms with Crippen molar-refractivity contribution in [3.8, 4) is 0 Å². The van der Waals surface area contributed by atoms with Gasteiger partial charge in [-0.2, -0.15) is 0 Å². The van der Waals surface area contributed by atoms with E-state index < -0.39 is 0 Å². The van der Waals surface area contributed by atoms with Crippen LogP contribution >= 0.6 is 11.8 Å². The number of hydrazine groups is 1. The third-order valence-electron chi connectivity index (χ3n) is 2.37. The van der Waals surface area contributed by atoms with Gasteiger partial charge in [-0.1, -0.05) is 11.8 Å². The Morgan fingerprint density at radius 1 is 1.28 bits per heavy atom. The fraction of sp³-hybridized carbons (Fsp3) is 0.636. The molecule has 0 saturated heterocycles. The van der Waals surface area contributed by atoms with Crippen LogP contribution in [0.3, 0.4) is 0 Å². The predicted molar refractivity (Wildman–Crippen MR) is 75.8 cm³/mol. The zero-order chi connectivity index (χ0) is 13.2. The van der Waals surface area contributed by atoms with Gasteiger partial charge < -0.3 is 15.5 Å². The van der Waals surface area contributed by atoms with Crippen molar-refractivity contribution in [1.82, 2.24) is 9.97 Å². The summed E-state index contributed by atoms with van der Waals surface area (Å²) >= 11 is 1.49. The molecule has 0 fully saturated rings. The fourth-order valence-corrected chi connectivity index (χ4v) is 1.82. The van der Waals surface area contributed by atoms with Gasteiger partial charge in [-0.15, -0.1) is 0 Å². The minimum Gasteiger partial charge on any atom is -0.385 e. The molecule has 0 spiro atoms. The Labute approximate surface area is 112 Å². The monoisotopic (exact) mass is 271 g/mol. The second-order valence-corrected chi connectivity index (χ2v) is 4.52. The zero-order valence-corrected chi connectivity index (χ0v) is 11.7. The van der Waals surface area contributed by atoms with Gasteiger partial charge in [-0.05, 0) is 25.5 Å². The number of nitrogens with two attached hydrogens (primary N) is 1. The van der Waals surface area contributed by atoms with Gasteiger partial charge in [-0.25, -0.2) is 15.8 Å². The second kappa shape index (κ2) is 8.96. The molecule has 1 heterocycles. The van der Waals surface area contributed by atoms with Crippen molar-refractivity contribution in [2.75, 3.05) is 37.3 Å². The van der Waals surface area contributed by atoms with Crippen molar-refractivity contribution in [3.05, 3.63) is 6.07 Å². The first-order chi connectivity index (χ1) is 8.80. The number of unbranched alkanes of at least 4 members (excludes halogenated alkanes) is 2. The van der Waals surface area contributed by atoms with Crippen molar-refractivity contribution < 1.29 is 4.74 Å². The smallest absolute Gasteiger partial charge is 0.191 e. The number of nitrogens with zero attached hydrogens (tertiary/aromatic N) is 2. The standard InChI is InChI=1S/C11H21N5OS/c1-17-7-5-3-4-6-13-9-8-10(16-12)15-11(14-9)18-2/h8H,3-7,12H2,1-2H3,(H2,13,14,15,16). The maximum absolute atomic E-state index is 5.36. The molecule has 0 amide bonds. The van der Waals surface area contributed by atoms with E-state index >= 15 is 0 Å².